The van der Waals surface area contributed by atoms with E-state index >= 15 is 0 Å². The standard InChI is InChI=1S/C19H28F3N5O.HI/c1-2-23-18(26-16-9-11-27(13-16)14-19(20,21)22)24-10-8-17(28)25-12-15-6-4-3-5-7-15;/h3-7,16H,2,8-14H2,1H3,(H,25,28)(H2,23,24,26);1H. The largest absolute Gasteiger partial charge is 0.401 e. The van der Waals surface area contributed by atoms with E-state index in [2.05, 4.69) is 20.9 Å². The number of rotatable bonds is 8. The molecule has 1 fully saturated rings. The Labute approximate surface area is 186 Å². The maximum Gasteiger partial charge on any atom is 0.401 e. The first kappa shape index (κ1) is 25.5. The maximum absolute atomic E-state index is 12.5. The molecule has 3 N–H and O–H groups in total. The van der Waals surface area contributed by atoms with Crippen molar-refractivity contribution in [2.75, 3.05) is 32.7 Å². The maximum atomic E-state index is 12.5. The Hall–Kier alpha value is -1.56. The molecule has 1 unspecified atom stereocenters. The van der Waals surface area contributed by atoms with Crippen LogP contribution in [-0.2, 0) is 11.3 Å². The molecule has 1 saturated heterocycles. The van der Waals surface area contributed by atoms with E-state index in [-0.39, 0.29) is 42.3 Å². The number of halogens is 4. The minimum Gasteiger partial charge on any atom is -0.357 e. The van der Waals surface area contributed by atoms with Crippen LogP contribution in [0.25, 0.3) is 0 Å². The third-order valence-electron chi connectivity index (χ3n) is 4.30. The van der Waals surface area contributed by atoms with Crippen molar-refractivity contribution in [3.8, 4) is 0 Å². The topological polar surface area (TPSA) is 68.8 Å². The van der Waals surface area contributed by atoms with E-state index in [0.29, 0.717) is 45.1 Å². The highest BCUT2D eigenvalue weighted by Gasteiger charge is 2.34. The fourth-order valence-corrected chi connectivity index (χ4v) is 3.02. The SMILES string of the molecule is CCNC(=NCCC(=O)NCc1ccccc1)NC1CCN(CC(F)(F)F)C1.I. The quantitative estimate of drug-likeness (QED) is 0.276. The average Bonchev–Trinajstić information content (AvgIpc) is 3.06. The molecule has 1 heterocycles. The van der Waals surface area contributed by atoms with E-state index in [9.17, 15) is 18.0 Å². The second-order valence-corrected chi connectivity index (χ2v) is 6.75. The summed E-state index contributed by atoms with van der Waals surface area (Å²) in [6.45, 7) is 3.15. The van der Waals surface area contributed by atoms with E-state index in [1.807, 2.05) is 37.3 Å². The normalized spacial score (nSPS) is 17.5. The molecule has 0 aromatic heterocycles. The van der Waals surface area contributed by atoms with Crippen LogP contribution in [0.15, 0.2) is 35.3 Å². The van der Waals surface area contributed by atoms with Crippen molar-refractivity contribution >= 4 is 35.8 Å². The monoisotopic (exact) mass is 527 g/mol. The summed E-state index contributed by atoms with van der Waals surface area (Å²) in [7, 11) is 0. The molecular weight excluding hydrogens is 498 g/mol. The highest BCUT2D eigenvalue weighted by molar-refractivity contribution is 14.0. The lowest BCUT2D eigenvalue weighted by atomic mass is 10.2. The molecule has 0 spiro atoms. The van der Waals surface area contributed by atoms with E-state index in [0.717, 1.165) is 5.56 Å². The number of amides is 1. The Morgan fingerprint density at radius 2 is 1.97 bits per heavy atom. The van der Waals surface area contributed by atoms with Gasteiger partial charge in [-0.2, -0.15) is 13.2 Å². The van der Waals surface area contributed by atoms with Crippen LogP contribution in [-0.4, -0.2) is 61.7 Å². The second-order valence-electron chi connectivity index (χ2n) is 6.75. The zero-order chi connectivity index (χ0) is 20.4. The smallest absolute Gasteiger partial charge is 0.357 e. The summed E-state index contributed by atoms with van der Waals surface area (Å²) in [6.07, 6.45) is -3.31. The molecule has 0 bridgehead atoms. The molecule has 10 heteroatoms. The number of nitrogens with one attached hydrogen (secondary N) is 3. The van der Waals surface area contributed by atoms with Gasteiger partial charge in [0, 0.05) is 38.6 Å². The van der Waals surface area contributed by atoms with Crippen molar-refractivity contribution < 1.29 is 18.0 Å². The van der Waals surface area contributed by atoms with Gasteiger partial charge in [-0.3, -0.25) is 14.7 Å². The van der Waals surface area contributed by atoms with Crippen molar-refractivity contribution in [2.45, 2.75) is 38.5 Å². The lowest BCUT2D eigenvalue weighted by Gasteiger charge is -2.19. The number of carbonyl (C=O) groups is 1. The molecular formula is C19H29F3IN5O. The molecule has 1 aliphatic rings. The van der Waals surface area contributed by atoms with Crippen LogP contribution in [0.2, 0.25) is 0 Å². The number of guanidine groups is 1. The van der Waals surface area contributed by atoms with Crippen LogP contribution in [0.1, 0.15) is 25.3 Å². The fourth-order valence-electron chi connectivity index (χ4n) is 3.02. The number of likely N-dealkylation sites (tertiary alicyclic amines) is 1. The summed E-state index contributed by atoms with van der Waals surface area (Å²) in [6, 6.07) is 9.54. The van der Waals surface area contributed by atoms with Crippen LogP contribution in [0.5, 0.6) is 0 Å². The van der Waals surface area contributed by atoms with Gasteiger partial charge >= 0.3 is 6.18 Å². The molecule has 2 rings (SSSR count). The predicted octanol–water partition coefficient (Wildman–Crippen LogP) is 2.50. The third kappa shape index (κ3) is 10.7. The van der Waals surface area contributed by atoms with Crippen molar-refractivity contribution in [2.24, 2.45) is 4.99 Å². The van der Waals surface area contributed by atoms with Gasteiger partial charge in [0.15, 0.2) is 5.96 Å². The van der Waals surface area contributed by atoms with Crippen LogP contribution < -0.4 is 16.0 Å². The van der Waals surface area contributed by atoms with Crippen molar-refractivity contribution in [3.05, 3.63) is 35.9 Å². The minimum atomic E-state index is -4.18. The molecule has 1 aromatic carbocycles. The predicted molar refractivity (Wildman–Crippen MR) is 118 cm³/mol. The van der Waals surface area contributed by atoms with Crippen molar-refractivity contribution in [1.29, 1.82) is 0 Å². The average molecular weight is 527 g/mol. The molecule has 0 aliphatic carbocycles. The van der Waals surface area contributed by atoms with Gasteiger partial charge in [-0.15, -0.1) is 24.0 Å². The van der Waals surface area contributed by atoms with Crippen molar-refractivity contribution in [1.82, 2.24) is 20.9 Å². The first-order chi connectivity index (χ1) is 13.4. The number of hydrogen-bond donors (Lipinski definition) is 3. The van der Waals surface area contributed by atoms with Crippen LogP contribution in [0.3, 0.4) is 0 Å². The minimum absolute atomic E-state index is 0. The molecule has 164 valence electrons. The van der Waals surface area contributed by atoms with E-state index < -0.39 is 12.7 Å². The Morgan fingerprint density at radius 1 is 1.24 bits per heavy atom. The highest BCUT2D eigenvalue weighted by Crippen LogP contribution is 2.19. The number of alkyl halides is 3. The van der Waals surface area contributed by atoms with Gasteiger partial charge in [0.1, 0.15) is 0 Å². The number of aliphatic imine (C=N–C) groups is 1. The van der Waals surface area contributed by atoms with Gasteiger partial charge in [0.2, 0.25) is 5.91 Å². The molecule has 1 aromatic rings. The van der Waals surface area contributed by atoms with E-state index in [1.165, 1.54) is 4.90 Å². The van der Waals surface area contributed by atoms with Crippen molar-refractivity contribution in [3.63, 3.8) is 0 Å². The Balaban J connectivity index is 0.00000420. The van der Waals surface area contributed by atoms with Gasteiger partial charge in [0.25, 0.3) is 0 Å². The molecule has 1 amide bonds. The summed E-state index contributed by atoms with van der Waals surface area (Å²) in [5.41, 5.74) is 1.03. The highest BCUT2D eigenvalue weighted by atomic mass is 127. The lowest BCUT2D eigenvalue weighted by Crippen LogP contribution is -2.45. The first-order valence-electron chi connectivity index (χ1n) is 9.50. The van der Waals surface area contributed by atoms with Gasteiger partial charge < -0.3 is 16.0 Å². The molecule has 29 heavy (non-hydrogen) atoms. The van der Waals surface area contributed by atoms with Gasteiger partial charge in [-0.25, -0.2) is 0 Å². The summed E-state index contributed by atoms with van der Waals surface area (Å²) in [5.74, 6) is 0.429. The number of hydrogen-bond acceptors (Lipinski definition) is 3. The number of nitrogens with zero attached hydrogens (tertiary/aromatic N) is 2. The Bertz CT molecular complexity index is 642. The molecule has 6 nitrogen and oxygen atoms in total. The van der Waals surface area contributed by atoms with Crippen LogP contribution >= 0.6 is 24.0 Å². The first-order valence-corrected chi connectivity index (χ1v) is 9.50. The second kappa shape index (κ2) is 12.9. The Kier molecular flexibility index (Phi) is 11.3. The Morgan fingerprint density at radius 3 is 2.62 bits per heavy atom. The summed E-state index contributed by atoms with van der Waals surface area (Å²) in [4.78, 5) is 17.7. The van der Waals surface area contributed by atoms with E-state index in [4.69, 9.17) is 0 Å². The van der Waals surface area contributed by atoms with Crippen LogP contribution in [0, 0.1) is 0 Å². The molecule has 1 atom stereocenters. The van der Waals surface area contributed by atoms with Gasteiger partial charge in [-0.05, 0) is 18.9 Å². The molecule has 1 aliphatic heterocycles. The van der Waals surface area contributed by atoms with E-state index in [1.54, 1.807) is 0 Å². The molecule has 0 saturated carbocycles. The van der Waals surface area contributed by atoms with Gasteiger partial charge in [0.05, 0.1) is 13.1 Å². The molecule has 0 radical (unpaired) electrons. The lowest BCUT2D eigenvalue weighted by molar-refractivity contribution is -0.143. The summed E-state index contributed by atoms with van der Waals surface area (Å²) < 4.78 is 37.5. The zero-order valence-electron chi connectivity index (χ0n) is 16.5. The third-order valence-corrected chi connectivity index (χ3v) is 4.30. The summed E-state index contributed by atoms with van der Waals surface area (Å²) in [5, 5.41) is 9.08. The number of carbonyl (C=O) groups excluding carboxylic acids is 1. The van der Waals surface area contributed by atoms with Crippen LogP contribution in [0.4, 0.5) is 13.2 Å². The fraction of sp³-hybridized carbons (Fsp3) is 0.579. The summed E-state index contributed by atoms with van der Waals surface area (Å²) >= 11 is 0. The zero-order valence-corrected chi connectivity index (χ0v) is 18.8. The number of benzene rings is 1. The van der Waals surface area contributed by atoms with Gasteiger partial charge in [-0.1, -0.05) is 30.3 Å².